The van der Waals surface area contributed by atoms with E-state index in [1.54, 1.807) is 0 Å². The van der Waals surface area contributed by atoms with Gasteiger partial charge in [0, 0.05) is 25.7 Å². The van der Waals surface area contributed by atoms with E-state index in [0.29, 0.717) is 12.2 Å². The molecular formula is C29H39N3O13S. The lowest BCUT2D eigenvalue weighted by Gasteiger charge is -2.09. The number of hydrogen-bond acceptors (Lipinski definition) is 12. The van der Waals surface area contributed by atoms with Crippen LogP contribution in [0.15, 0.2) is 47.5 Å². The summed E-state index contributed by atoms with van der Waals surface area (Å²) < 4.78 is 51.6. The van der Waals surface area contributed by atoms with E-state index in [1.165, 1.54) is 42.6 Å². The van der Waals surface area contributed by atoms with Crippen molar-refractivity contribution in [1.82, 2.24) is 15.6 Å². The maximum absolute atomic E-state index is 12.8. The number of hydrogen-bond donors (Lipinski definition) is 4. The number of ether oxygens (including phenoxy) is 5. The fourth-order valence-corrected chi connectivity index (χ4v) is 4.77. The molecule has 0 spiro atoms. The van der Waals surface area contributed by atoms with Gasteiger partial charge >= 0.3 is 11.9 Å². The summed E-state index contributed by atoms with van der Waals surface area (Å²) in [7, 11) is -3.71. The molecule has 2 rings (SSSR count). The van der Waals surface area contributed by atoms with Crippen LogP contribution in [0, 0.1) is 0 Å². The summed E-state index contributed by atoms with van der Waals surface area (Å²) in [5.41, 5.74) is 0.507. The smallest absolute Gasteiger partial charge is 0.329 e. The maximum atomic E-state index is 12.8. The molecule has 0 atom stereocenters. The average molecular weight is 670 g/mol. The first-order valence-electron chi connectivity index (χ1n) is 14.3. The van der Waals surface area contributed by atoms with E-state index in [2.05, 4.69) is 15.6 Å². The zero-order chi connectivity index (χ0) is 33.6. The highest BCUT2D eigenvalue weighted by Gasteiger charge is 2.17. The number of aromatic nitrogens is 1. The minimum Gasteiger partial charge on any atom is -0.494 e. The molecule has 2 amide bonds. The second-order valence-corrected chi connectivity index (χ2v) is 11.4. The molecule has 0 saturated heterocycles. The van der Waals surface area contributed by atoms with Crippen molar-refractivity contribution < 1.29 is 61.5 Å². The molecule has 4 N–H and O–H groups in total. The van der Waals surface area contributed by atoms with Crippen LogP contribution in [0.4, 0.5) is 0 Å². The molecule has 1 aromatic carbocycles. The van der Waals surface area contributed by atoms with Crippen molar-refractivity contribution in [3.8, 4) is 5.75 Å². The quantitative estimate of drug-likeness (QED) is 0.104. The first-order valence-corrected chi connectivity index (χ1v) is 15.9. The summed E-state index contributed by atoms with van der Waals surface area (Å²) in [5.74, 6) is -2.65. The summed E-state index contributed by atoms with van der Waals surface area (Å²) >= 11 is 0. The van der Waals surface area contributed by atoms with Gasteiger partial charge in [-0.2, -0.15) is 0 Å². The molecule has 1 heterocycles. The number of nitrogens with one attached hydrogen (secondary N) is 2. The molecule has 0 aliphatic carbocycles. The number of carbonyl (C=O) groups is 4. The minimum absolute atomic E-state index is 0.0200. The van der Waals surface area contributed by atoms with Gasteiger partial charge in [-0.15, -0.1) is 0 Å². The highest BCUT2D eigenvalue weighted by Crippen LogP contribution is 2.20. The Kier molecular flexibility index (Phi) is 17.8. The first-order chi connectivity index (χ1) is 22.1. The van der Waals surface area contributed by atoms with Crippen LogP contribution in [0.2, 0.25) is 0 Å². The van der Waals surface area contributed by atoms with Gasteiger partial charge in [0.15, 0.2) is 9.84 Å². The second-order valence-electron chi connectivity index (χ2n) is 9.44. The van der Waals surface area contributed by atoms with Crippen LogP contribution in [0.5, 0.6) is 5.75 Å². The average Bonchev–Trinajstić information content (AvgIpc) is 3.02. The number of rotatable bonds is 25. The number of carbonyl (C=O) groups excluding carboxylic acids is 2. The molecule has 0 radical (unpaired) electrons. The van der Waals surface area contributed by atoms with Crippen LogP contribution < -0.4 is 15.4 Å². The molecule has 0 aliphatic heterocycles. The molecule has 0 fully saturated rings. The van der Waals surface area contributed by atoms with Crippen LogP contribution >= 0.6 is 0 Å². The van der Waals surface area contributed by atoms with E-state index in [4.69, 9.17) is 33.9 Å². The van der Waals surface area contributed by atoms with Crippen molar-refractivity contribution in [1.29, 1.82) is 0 Å². The molecule has 0 unspecified atom stereocenters. The van der Waals surface area contributed by atoms with E-state index in [0.717, 1.165) is 0 Å². The lowest BCUT2D eigenvalue weighted by atomic mass is 10.2. The number of aliphatic carboxylic acids is 2. The second kappa shape index (κ2) is 21.6. The summed E-state index contributed by atoms with van der Waals surface area (Å²) in [6.45, 7) is 1.28. The molecule has 17 heteroatoms. The van der Waals surface area contributed by atoms with Crippen molar-refractivity contribution >= 4 is 33.6 Å². The lowest BCUT2D eigenvalue weighted by molar-refractivity contribution is -0.143. The zero-order valence-corrected chi connectivity index (χ0v) is 26.0. The minimum atomic E-state index is -3.71. The Hall–Kier alpha value is -4.16. The Morgan fingerprint density at radius 1 is 0.717 bits per heavy atom. The fraction of sp³-hybridized carbons (Fsp3) is 0.483. The Bertz CT molecular complexity index is 1340. The summed E-state index contributed by atoms with van der Waals surface area (Å²) in [6.07, 6.45) is 1.60. The molecule has 16 nitrogen and oxygen atoms in total. The van der Waals surface area contributed by atoms with Crippen LogP contribution in [0.3, 0.4) is 0 Å². The normalized spacial score (nSPS) is 11.1. The summed E-state index contributed by atoms with van der Waals surface area (Å²) in [6, 6.07) is 8.75. The predicted octanol–water partition coefficient (Wildman–Crippen LogP) is 0.296. The van der Waals surface area contributed by atoms with Crippen molar-refractivity contribution in [2.45, 2.75) is 23.5 Å². The number of sulfone groups is 1. The van der Waals surface area contributed by atoms with Gasteiger partial charge in [-0.1, -0.05) is 0 Å². The van der Waals surface area contributed by atoms with E-state index in [-0.39, 0.29) is 100 Å². The Balaban J connectivity index is 1.55. The van der Waals surface area contributed by atoms with Gasteiger partial charge in [-0.3, -0.25) is 19.4 Å². The SMILES string of the molecule is O=C(O)CCCOc1ccc(S(=O)(=O)Cc2ccc(C(=O)NCCOCCOCC(=O)NCCOCCOCC(=O)O)cn2)cc1. The van der Waals surface area contributed by atoms with Crippen LogP contribution in [0.1, 0.15) is 28.9 Å². The van der Waals surface area contributed by atoms with Gasteiger partial charge in [0.1, 0.15) is 19.0 Å². The lowest BCUT2D eigenvalue weighted by Crippen LogP contribution is -2.31. The number of benzene rings is 1. The third-order valence-electron chi connectivity index (χ3n) is 5.71. The molecular weight excluding hydrogens is 630 g/mol. The molecule has 2 aromatic rings. The van der Waals surface area contributed by atoms with Crippen molar-refractivity contribution in [3.63, 3.8) is 0 Å². The van der Waals surface area contributed by atoms with Crippen LogP contribution in [0.25, 0.3) is 0 Å². The van der Waals surface area contributed by atoms with Crippen molar-refractivity contribution in [2.24, 2.45) is 0 Å². The molecule has 254 valence electrons. The van der Waals surface area contributed by atoms with Crippen LogP contribution in [-0.2, 0) is 48.9 Å². The van der Waals surface area contributed by atoms with E-state index >= 15 is 0 Å². The third-order valence-corrected chi connectivity index (χ3v) is 7.38. The summed E-state index contributed by atoms with van der Waals surface area (Å²) in [4.78, 5) is 49.1. The molecule has 1 aromatic heterocycles. The number of carboxylic acids is 2. The number of pyridine rings is 1. The van der Waals surface area contributed by atoms with E-state index in [9.17, 15) is 27.6 Å². The first kappa shape index (κ1) is 38.0. The predicted molar refractivity (Wildman–Crippen MR) is 160 cm³/mol. The number of nitrogens with zero attached hydrogens (tertiary/aromatic N) is 1. The summed E-state index contributed by atoms with van der Waals surface area (Å²) in [5, 5.41) is 22.3. The highest BCUT2D eigenvalue weighted by atomic mass is 32.2. The third kappa shape index (κ3) is 16.8. The zero-order valence-electron chi connectivity index (χ0n) is 25.2. The van der Waals surface area contributed by atoms with Gasteiger partial charge in [0.05, 0.1) is 68.2 Å². The van der Waals surface area contributed by atoms with Gasteiger partial charge in [0.2, 0.25) is 5.91 Å². The fourth-order valence-electron chi connectivity index (χ4n) is 3.50. The van der Waals surface area contributed by atoms with Gasteiger partial charge in [0.25, 0.3) is 5.91 Å². The standard InChI is InChI=1S/C29H39N3O13S/c33-26(30-9-12-41-15-17-44-20-28(36)37)19-43-16-14-42-13-10-31-29(38)22-3-4-23(32-18-22)21-46(39,40)25-7-5-24(6-8-25)45-11-1-2-27(34)35/h3-8,18H,1-2,9-17,19-21H2,(H,30,33)(H,31,38)(H,34,35)(H,36,37). The van der Waals surface area contributed by atoms with Gasteiger partial charge in [-0.25, -0.2) is 13.2 Å². The largest absolute Gasteiger partial charge is 0.494 e. The molecule has 46 heavy (non-hydrogen) atoms. The topological polar surface area (TPSA) is 226 Å². The van der Waals surface area contributed by atoms with Crippen LogP contribution in [-0.4, -0.2) is 120 Å². The Morgan fingerprint density at radius 2 is 1.35 bits per heavy atom. The molecule has 0 saturated carbocycles. The Labute approximate surface area is 266 Å². The molecule has 0 bridgehead atoms. The van der Waals surface area contributed by atoms with Crippen molar-refractivity contribution in [3.05, 3.63) is 53.9 Å². The Morgan fingerprint density at radius 3 is 1.96 bits per heavy atom. The highest BCUT2D eigenvalue weighted by molar-refractivity contribution is 7.90. The number of amides is 2. The van der Waals surface area contributed by atoms with E-state index in [1.807, 2.05) is 0 Å². The monoisotopic (exact) mass is 669 g/mol. The van der Waals surface area contributed by atoms with Crippen molar-refractivity contribution in [2.75, 3.05) is 72.6 Å². The molecule has 0 aliphatic rings. The number of carboxylic acid groups (broad SMARTS) is 2. The maximum Gasteiger partial charge on any atom is 0.329 e. The van der Waals surface area contributed by atoms with E-state index < -0.39 is 34.3 Å². The van der Waals surface area contributed by atoms with Gasteiger partial charge < -0.3 is 44.5 Å². The van der Waals surface area contributed by atoms with Gasteiger partial charge in [-0.05, 0) is 42.8 Å².